The summed E-state index contributed by atoms with van der Waals surface area (Å²) in [5, 5.41) is 0. The Hall–Kier alpha value is -1.38. The number of nitrogens with zero attached hydrogens (tertiary/aromatic N) is 2. The molecule has 0 unspecified atom stereocenters. The number of aromatic nitrogens is 1. The average Bonchev–Trinajstić information content (AvgIpc) is 2.30. The first kappa shape index (κ1) is 13.6. The van der Waals surface area contributed by atoms with Crippen molar-refractivity contribution in [3.05, 3.63) is 30.1 Å². The van der Waals surface area contributed by atoms with Gasteiger partial charge in [0.05, 0.1) is 0 Å². The lowest BCUT2D eigenvalue weighted by molar-refractivity contribution is -0.127. The number of carbonyl (C=O) groups excluding carboxylic acids is 1. The second-order valence-electron chi connectivity index (χ2n) is 3.01. The molecule has 3 heteroatoms. The fourth-order valence-electron chi connectivity index (χ4n) is 0.986. The number of hydrogen-bond acceptors (Lipinski definition) is 2. The summed E-state index contributed by atoms with van der Waals surface area (Å²) in [4.78, 5) is 16.7. The summed E-state index contributed by atoms with van der Waals surface area (Å²) in [6.45, 7) is 6.30. The lowest BCUT2D eigenvalue weighted by Crippen LogP contribution is -2.26. The molecule has 0 saturated heterocycles. The van der Waals surface area contributed by atoms with Crippen molar-refractivity contribution in [2.45, 2.75) is 27.2 Å². The summed E-state index contributed by atoms with van der Waals surface area (Å²) in [5.74, 6) is 0.0935. The number of amides is 1. The number of rotatable bonds is 3. The fraction of sp³-hybridized carbons (Fsp3) is 0.500. The van der Waals surface area contributed by atoms with Crippen LogP contribution in [0, 0.1) is 0 Å². The van der Waals surface area contributed by atoms with Crippen LogP contribution in [0.1, 0.15) is 26.5 Å². The molecular formula is C12H20N2O. The molecule has 0 bridgehead atoms. The van der Waals surface area contributed by atoms with E-state index in [0.29, 0.717) is 0 Å². The van der Waals surface area contributed by atoms with Gasteiger partial charge in [0.1, 0.15) is 0 Å². The molecule has 0 radical (unpaired) electrons. The van der Waals surface area contributed by atoms with Crippen molar-refractivity contribution >= 4 is 5.91 Å². The lowest BCUT2D eigenvalue weighted by Gasteiger charge is -2.13. The molecule has 0 aliphatic carbocycles. The van der Waals surface area contributed by atoms with E-state index in [1.165, 1.54) is 0 Å². The van der Waals surface area contributed by atoms with Gasteiger partial charge >= 0.3 is 0 Å². The van der Waals surface area contributed by atoms with Crippen LogP contribution < -0.4 is 0 Å². The van der Waals surface area contributed by atoms with Gasteiger partial charge in [0.2, 0.25) is 5.91 Å². The number of carbonyl (C=O) groups is 1. The summed E-state index contributed by atoms with van der Waals surface area (Å²) >= 11 is 0. The van der Waals surface area contributed by atoms with E-state index in [2.05, 4.69) is 4.98 Å². The van der Waals surface area contributed by atoms with E-state index >= 15 is 0 Å². The molecule has 1 heterocycles. The van der Waals surface area contributed by atoms with Gasteiger partial charge in [-0.25, -0.2) is 0 Å². The molecule has 0 aromatic carbocycles. The van der Waals surface area contributed by atoms with E-state index < -0.39 is 0 Å². The fourth-order valence-corrected chi connectivity index (χ4v) is 0.986. The van der Waals surface area contributed by atoms with E-state index in [9.17, 15) is 4.79 Å². The van der Waals surface area contributed by atoms with Gasteiger partial charge in [-0.2, -0.15) is 0 Å². The highest BCUT2D eigenvalue weighted by molar-refractivity contribution is 5.72. The Kier molecular flexibility index (Phi) is 7.24. The first-order chi connectivity index (χ1) is 7.20. The van der Waals surface area contributed by atoms with Crippen LogP contribution in [0.2, 0.25) is 0 Å². The molecular weight excluding hydrogens is 188 g/mol. The average molecular weight is 208 g/mol. The zero-order valence-corrected chi connectivity index (χ0v) is 10.0. The second kappa shape index (κ2) is 7.97. The number of hydrogen-bond donors (Lipinski definition) is 0. The van der Waals surface area contributed by atoms with Crippen molar-refractivity contribution in [1.29, 1.82) is 0 Å². The smallest absolute Gasteiger partial charge is 0.219 e. The van der Waals surface area contributed by atoms with E-state index in [1.807, 2.05) is 32.0 Å². The molecule has 0 spiro atoms. The largest absolute Gasteiger partial charge is 0.346 e. The summed E-state index contributed by atoms with van der Waals surface area (Å²) in [6, 6.07) is 5.81. The van der Waals surface area contributed by atoms with Gasteiger partial charge in [0.15, 0.2) is 0 Å². The molecule has 1 amide bonds. The molecule has 0 atom stereocenters. The van der Waals surface area contributed by atoms with Gasteiger partial charge in [0, 0.05) is 38.8 Å². The van der Waals surface area contributed by atoms with E-state index in [4.69, 9.17) is 0 Å². The van der Waals surface area contributed by atoms with Gasteiger partial charge in [-0.15, -0.1) is 0 Å². The minimum absolute atomic E-state index is 0.0935. The number of likely N-dealkylation sites (N-methyl/N-ethyl adjacent to an activating group) is 1. The quantitative estimate of drug-likeness (QED) is 0.762. The van der Waals surface area contributed by atoms with Crippen molar-refractivity contribution in [3.63, 3.8) is 0 Å². The summed E-state index contributed by atoms with van der Waals surface area (Å²) in [5.41, 5.74) is 1.02. The normalized spacial score (nSPS) is 8.80. The third-order valence-corrected chi connectivity index (χ3v) is 1.97. The molecule has 84 valence electrons. The topological polar surface area (TPSA) is 33.2 Å². The Morgan fingerprint density at radius 2 is 2.07 bits per heavy atom. The molecule has 0 aliphatic heterocycles. The van der Waals surface area contributed by atoms with Crippen LogP contribution in [-0.2, 0) is 11.2 Å². The molecule has 1 aromatic heterocycles. The van der Waals surface area contributed by atoms with Crippen molar-refractivity contribution in [2.24, 2.45) is 0 Å². The molecule has 3 nitrogen and oxygen atoms in total. The highest BCUT2D eigenvalue weighted by Crippen LogP contribution is 1.96. The van der Waals surface area contributed by atoms with Crippen LogP contribution in [0.25, 0.3) is 0 Å². The molecule has 1 rings (SSSR count). The maximum Gasteiger partial charge on any atom is 0.219 e. The van der Waals surface area contributed by atoms with Crippen LogP contribution in [0.4, 0.5) is 0 Å². The van der Waals surface area contributed by atoms with Crippen molar-refractivity contribution in [1.82, 2.24) is 9.88 Å². The maximum absolute atomic E-state index is 10.9. The Balaban J connectivity index is 0.000000921. The van der Waals surface area contributed by atoms with Gasteiger partial charge in [-0.3, -0.25) is 9.78 Å². The highest BCUT2D eigenvalue weighted by atomic mass is 16.2. The third-order valence-electron chi connectivity index (χ3n) is 1.97. The Morgan fingerprint density at radius 3 is 2.53 bits per heavy atom. The van der Waals surface area contributed by atoms with Crippen LogP contribution in [0.5, 0.6) is 0 Å². The lowest BCUT2D eigenvalue weighted by atomic mass is 10.2. The van der Waals surface area contributed by atoms with Gasteiger partial charge in [-0.05, 0) is 12.1 Å². The van der Waals surface area contributed by atoms with Gasteiger partial charge in [-0.1, -0.05) is 19.9 Å². The van der Waals surface area contributed by atoms with Crippen molar-refractivity contribution < 1.29 is 4.79 Å². The number of pyridine rings is 1. The summed E-state index contributed by atoms with van der Waals surface area (Å²) in [7, 11) is 1.80. The zero-order chi connectivity index (χ0) is 11.7. The minimum atomic E-state index is 0.0935. The van der Waals surface area contributed by atoms with Crippen molar-refractivity contribution in [2.75, 3.05) is 13.6 Å². The first-order valence-corrected chi connectivity index (χ1v) is 5.32. The van der Waals surface area contributed by atoms with E-state index in [-0.39, 0.29) is 5.91 Å². The van der Waals surface area contributed by atoms with Crippen LogP contribution in [0.15, 0.2) is 24.4 Å². The maximum atomic E-state index is 10.9. The Morgan fingerprint density at radius 1 is 1.40 bits per heavy atom. The molecule has 0 saturated carbocycles. The molecule has 1 aromatic rings. The zero-order valence-electron chi connectivity index (χ0n) is 10.0. The van der Waals surface area contributed by atoms with Crippen LogP contribution in [-0.4, -0.2) is 29.4 Å². The molecule has 0 fully saturated rings. The standard InChI is InChI=1S/C10H14N2O.C2H6/c1-9(13)12(2)8-6-10-5-3-4-7-11-10;1-2/h3-5,7H,6,8H2,1-2H3;1-2H3. The molecule has 0 aliphatic rings. The monoisotopic (exact) mass is 208 g/mol. The second-order valence-corrected chi connectivity index (χ2v) is 3.01. The van der Waals surface area contributed by atoms with Crippen LogP contribution in [0.3, 0.4) is 0 Å². The van der Waals surface area contributed by atoms with Gasteiger partial charge in [0.25, 0.3) is 0 Å². The first-order valence-electron chi connectivity index (χ1n) is 5.32. The Labute approximate surface area is 92.1 Å². The summed E-state index contributed by atoms with van der Waals surface area (Å²) in [6.07, 6.45) is 2.58. The minimum Gasteiger partial charge on any atom is -0.346 e. The van der Waals surface area contributed by atoms with Crippen LogP contribution >= 0.6 is 0 Å². The summed E-state index contributed by atoms with van der Waals surface area (Å²) < 4.78 is 0. The van der Waals surface area contributed by atoms with E-state index in [0.717, 1.165) is 18.7 Å². The van der Waals surface area contributed by atoms with Crippen molar-refractivity contribution in [3.8, 4) is 0 Å². The predicted molar refractivity (Wildman–Crippen MR) is 62.6 cm³/mol. The highest BCUT2D eigenvalue weighted by Gasteiger charge is 2.01. The molecule has 0 N–H and O–H groups in total. The predicted octanol–water partition coefficient (Wildman–Crippen LogP) is 2.13. The third kappa shape index (κ3) is 5.83. The molecule has 15 heavy (non-hydrogen) atoms. The Bertz CT molecular complexity index is 272. The van der Waals surface area contributed by atoms with Gasteiger partial charge < -0.3 is 4.90 Å². The SMILES string of the molecule is CC.CC(=O)N(C)CCc1ccccn1. The van der Waals surface area contributed by atoms with E-state index in [1.54, 1.807) is 25.1 Å².